The normalized spacial score (nSPS) is 10.7. The van der Waals surface area contributed by atoms with Crippen LogP contribution < -0.4 is 5.73 Å². The molecule has 20 heavy (non-hydrogen) atoms. The highest BCUT2D eigenvalue weighted by molar-refractivity contribution is 9.10. The molecule has 0 aliphatic carbocycles. The highest BCUT2D eigenvalue weighted by atomic mass is 79.9. The molecular weight excluding hydrogens is 325 g/mol. The van der Waals surface area contributed by atoms with Crippen molar-refractivity contribution >= 4 is 21.7 Å². The minimum atomic E-state index is -0.486. The topological polar surface area (TPSA) is 64.9 Å². The summed E-state index contributed by atoms with van der Waals surface area (Å²) in [4.78, 5) is 3.72. The predicted octanol–water partition coefficient (Wildman–Crippen LogP) is 3.89. The van der Waals surface area contributed by atoms with E-state index in [9.17, 15) is 4.39 Å². The first-order valence-corrected chi connectivity index (χ1v) is 6.57. The molecule has 1 aromatic carbocycles. The molecule has 0 aliphatic rings. The second-order valence-electron chi connectivity index (χ2n) is 4.14. The average molecular weight is 334 g/mol. The van der Waals surface area contributed by atoms with Crippen molar-refractivity contribution in [3.63, 3.8) is 0 Å². The van der Waals surface area contributed by atoms with Crippen molar-refractivity contribution < 1.29 is 8.91 Å². The summed E-state index contributed by atoms with van der Waals surface area (Å²) in [5, 5.41) is 3.74. The maximum Gasteiger partial charge on any atom is 0.179 e. The molecule has 3 rings (SSSR count). The van der Waals surface area contributed by atoms with Crippen LogP contribution in [-0.2, 0) is 0 Å². The lowest BCUT2D eigenvalue weighted by Crippen LogP contribution is -1.90. The largest absolute Gasteiger partial charge is 0.380 e. The molecule has 2 heterocycles. The van der Waals surface area contributed by atoms with E-state index in [0.717, 1.165) is 16.2 Å². The van der Waals surface area contributed by atoms with Crippen molar-refractivity contribution in [1.82, 2.24) is 10.1 Å². The van der Waals surface area contributed by atoms with E-state index in [4.69, 9.17) is 10.3 Å². The Balaban J connectivity index is 2.23. The Morgan fingerprint density at radius 2 is 2.10 bits per heavy atom. The summed E-state index contributed by atoms with van der Waals surface area (Å²) in [6, 6.07) is 9.00. The maximum atomic E-state index is 13.9. The summed E-state index contributed by atoms with van der Waals surface area (Å²) >= 11 is 3.39. The molecule has 0 unspecified atom stereocenters. The molecule has 0 saturated heterocycles. The van der Waals surface area contributed by atoms with Crippen molar-refractivity contribution in [3.8, 4) is 22.5 Å². The van der Waals surface area contributed by atoms with E-state index in [2.05, 4.69) is 26.1 Å². The highest BCUT2D eigenvalue weighted by Crippen LogP contribution is 2.38. The fraction of sp³-hybridized carbons (Fsp3) is 0. The van der Waals surface area contributed by atoms with Crippen molar-refractivity contribution in [1.29, 1.82) is 0 Å². The van der Waals surface area contributed by atoms with Gasteiger partial charge in [-0.15, -0.1) is 0 Å². The van der Waals surface area contributed by atoms with Gasteiger partial charge in [-0.25, -0.2) is 4.39 Å². The molecular formula is C14H9BrFN3O. The van der Waals surface area contributed by atoms with Gasteiger partial charge < -0.3 is 10.3 Å². The maximum absolute atomic E-state index is 13.9. The summed E-state index contributed by atoms with van der Waals surface area (Å²) in [6.45, 7) is 0. The van der Waals surface area contributed by atoms with Crippen molar-refractivity contribution in [2.45, 2.75) is 0 Å². The number of aromatic nitrogens is 2. The number of halogens is 2. The van der Waals surface area contributed by atoms with E-state index >= 15 is 0 Å². The Labute approximate surface area is 122 Å². The average Bonchev–Trinajstić information content (AvgIpc) is 2.81. The molecule has 6 heteroatoms. The minimum absolute atomic E-state index is 0.217. The zero-order valence-corrected chi connectivity index (χ0v) is 11.8. The number of hydrogen-bond acceptors (Lipinski definition) is 4. The standard InChI is InChI=1S/C14H9BrFN3O/c15-9-3-1-2-8(6-9)12-13(20-19-14(12)17)10-4-5-18-7-11(10)16/h1-7H,(H2,17,19). The van der Waals surface area contributed by atoms with Crippen molar-refractivity contribution in [2.24, 2.45) is 0 Å². The summed E-state index contributed by atoms with van der Waals surface area (Å²) < 4.78 is 19.9. The van der Waals surface area contributed by atoms with Gasteiger partial charge in [0.2, 0.25) is 0 Å². The van der Waals surface area contributed by atoms with Crippen LogP contribution in [-0.4, -0.2) is 10.1 Å². The van der Waals surface area contributed by atoms with E-state index in [0.29, 0.717) is 11.3 Å². The van der Waals surface area contributed by atoms with Crippen LogP contribution in [0, 0.1) is 5.82 Å². The summed E-state index contributed by atoms with van der Waals surface area (Å²) in [5.74, 6) is 0.0229. The number of benzene rings is 1. The van der Waals surface area contributed by atoms with Gasteiger partial charge in [-0.2, -0.15) is 0 Å². The van der Waals surface area contributed by atoms with Crippen LogP contribution in [0.5, 0.6) is 0 Å². The Morgan fingerprint density at radius 1 is 1.25 bits per heavy atom. The highest BCUT2D eigenvalue weighted by Gasteiger charge is 2.20. The Kier molecular flexibility index (Phi) is 3.23. The Morgan fingerprint density at radius 3 is 2.85 bits per heavy atom. The molecule has 0 saturated carbocycles. The van der Waals surface area contributed by atoms with Crippen LogP contribution in [0.1, 0.15) is 0 Å². The number of pyridine rings is 1. The van der Waals surface area contributed by atoms with Gasteiger partial charge in [0.15, 0.2) is 17.4 Å². The molecule has 100 valence electrons. The molecule has 4 nitrogen and oxygen atoms in total. The van der Waals surface area contributed by atoms with Crippen LogP contribution >= 0.6 is 15.9 Å². The van der Waals surface area contributed by atoms with Gasteiger partial charge in [-0.1, -0.05) is 33.2 Å². The number of nitrogens with two attached hydrogens (primary N) is 1. The molecule has 0 bridgehead atoms. The molecule has 0 radical (unpaired) electrons. The van der Waals surface area contributed by atoms with Gasteiger partial charge in [0.05, 0.1) is 17.3 Å². The van der Waals surface area contributed by atoms with Crippen molar-refractivity contribution in [3.05, 3.63) is 53.0 Å². The zero-order valence-electron chi connectivity index (χ0n) is 10.2. The first-order chi connectivity index (χ1) is 9.66. The van der Waals surface area contributed by atoms with E-state index in [1.165, 1.54) is 12.3 Å². The Hall–Kier alpha value is -2.21. The third-order valence-electron chi connectivity index (χ3n) is 2.85. The van der Waals surface area contributed by atoms with Crippen molar-refractivity contribution in [2.75, 3.05) is 5.73 Å². The van der Waals surface area contributed by atoms with Crippen LogP contribution in [0.15, 0.2) is 51.7 Å². The van der Waals surface area contributed by atoms with E-state index in [-0.39, 0.29) is 11.4 Å². The molecule has 2 N–H and O–H groups in total. The van der Waals surface area contributed by atoms with Gasteiger partial charge in [0, 0.05) is 10.7 Å². The van der Waals surface area contributed by atoms with Gasteiger partial charge in [0.1, 0.15) is 0 Å². The number of nitrogens with zero attached hydrogens (tertiary/aromatic N) is 2. The SMILES string of the molecule is Nc1noc(-c2ccncc2F)c1-c1cccc(Br)c1. The monoisotopic (exact) mass is 333 g/mol. The molecule has 0 spiro atoms. The van der Waals surface area contributed by atoms with Crippen LogP contribution in [0.4, 0.5) is 10.2 Å². The number of nitrogen functional groups attached to an aromatic ring is 1. The first-order valence-electron chi connectivity index (χ1n) is 5.78. The smallest absolute Gasteiger partial charge is 0.179 e. The summed E-state index contributed by atoms with van der Waals surface area (Å²) in [5.41, 5.74) is 7.49. The second kappa shape index (κ2) is 5.05. The Bertz CT molecular complexity index is 773. The summed E-state index contributed by atoms with van der Waals surface area (Å²) in [6.07, 6.45) is 2.61. The molecule has 3 aromatic rings. The van der Waals surface area contributed by atoms with E-state index in [1.807, 2.05) is 24.3 Å². The fourth-order valence-electron chi connectivity index (χ4n) is 1.97. The molecule has 0 aliphatic heterocycles. The lowest BCUT2D eigenvalue weighted by molar-refractivity contribution is 0.433. The van der Waals surface area contributed by atoms with E-state index in [1.54, 1.807) is 0 Å². The lowest BCUT2D eigenvalue weighted by atomic mass is 10.0. The number of hydrogen-bond donors (Lipinski definition) is 1. The van der Waals surface area contributed by atoms with Gasteiger partial charge in [-0.3, -0.25) is 4.98 Å². The number of anilines is 1. The molecule has 0 amide bonds. The predicted molar refractivity (Wildman–Crippen MR) is 77.2 cm³/mol. The van der Waals surface area contributed by atoms with E-state index < -0.39 is 5.82 Å². The minimum Gasteiger partial charge on any atom is -0.380 e. The first kappa shape index (κ1) is 12.8. The van der Waals surface area contributed by atoms with Crippen LogP contribution in [0.3, 0.4) is 0 Å². The lowest BCUT2D eigenvalue weighted by Gasteiger charge is -2.04. The second-order valence-corrected chi connectivity index (χ2v) is 5.05. The van der Waals surface area contributed by atoms with Gasteiger partial charge >= 0.3 is 0 Å². The molecule has 2 aromatic heterocycles. The third kappa shape index (κ3) is 2.18. The molecule has 0 atom stereocenters. The van der Waals surface area contributed by atoms with Gasteiger partial charge in [-0.05, 0) is 23.8 Å². The van der Waals surface area contributed by atoms with Gasteiger partial charge in [0.25, 0.3) is 0 Å². The summed E-state index contributed by atoms with van der Waals surface area (Å²) in [7, 11) is 0. The molecule has 0 fully saturated rings. The third-order valence-corrected chi connectivity index (χ3v) is 3.34. The number of rotatable bonds is 2. The van der Waals surface area contributed by atoms with Crippen LogP contribution in [0.25, 0.3) is 22.5 Å². The quantitative estimate of drug-likeness (QED) is 0.772. The van der Waals surface area contributed by atoms with Crippen LogP contribution in [0.2, 0.25) is 0 Å². The fourth-order valence-corrected chi connectivity index (χ4v) is 2.37. The zero-order chi connectivity index (χ0) is 14.1.